The molecule has 0 amide bonds. The Hall–Kier alpha value is -1.06. The topological polar surface area (TPSA) is 24.5 Å². The second kappa shape index (κ2) is 7.39. The number of ether oxygens (including phenoxy) is 1. The lowest BCUT2D eigenvalue weighted by molar-refractivity contribution is 0.0706. The number of nitrogens with zero attached hydrogens (tertiary/aromatic N) is 1. The molecule has 3 heteroatoms. The minimum absolute atomic E-state index is 0.570. The van der Waals surface area contributed by atoms with Crippen molar-refractivity contribution in [2.45, 2.75) is 25.3 Å². The molecule has 1 aromatic carbocycles. The van der Waals surface area contributed by atoms with E-state index in [-0.39, 0.29) is 0 Å². The van der Waals surface area contributed by atoms with Gasteiger partial charge in [0.2, 0.25) is 0 Å². The minimum Gasteiger partial charge on any atom is -0.380 e. The molecule has 1 aliphatic rings. The lowest BCUT2D eigenvalue weighted by atomic mass is 10.1. The number of nitrogens with one attached hydrogen (secondary N) is 1. The van der Waals surface area contributed by atoms with Crippen LogP contribution in [-0.4, -0.2) is 39.4 Å². The average Bonchev–Trinajstić information content (AvgIpc) is 2.45. The van der Waals surface area contributed by atoms with E-state index in [9.17, 15) is 0 Å². The Morgan fingerprint density at radius 1 is 1.33 bits per heavy atom. The quantitative estimate of drug-likeness (QED) is 0.782. The summed E-state index contributed by atoms with van der Waals surface area (Å²) < 4.78 is 5.46. The van der Waals surface area contributed by atoms with Crippen LogP contribution in [0.1, 0.15) is 19.3 Å². The first-order valence-electron chi connectivity index (χ1n) is 6.93. The molecule has 3 nitrogen and oxygen atoms in total. The molecule has 18 heavy (non-hydrogen) atoms. The van der Waals surface area contributed by atoms with Crippen LogP contribution in [0.5, 0.6) is 0 Å². The van der Waals surface area contributed by atoms with Crippen molar-refractivity contribution in [3.8, 4) is 0 Å². The summed E-state index contributed by atoms with van der Waals surface area (Å²) >= 11 is 0. The first kappa shape index (κ1) is 13.4. The molecule has 1 aliphatic heterocycles. The Kier molecular flexibility index (Phi) is 5.49. The Bertz CT molecular complexity index is 323. The van der Waals surface area contributed by atoms with Gasteiger partial charge < -0.3 is 15.0 Å². The smallest absolute Gasteiger partial charge is 0.0619 e. The summed E-state index contributed by atoms with van der Waals surface area (Å²) in [7, 11) is 2.15. The maximum absolute atomic E-state index is 5.46. The molecule has 1 saturated heterocycles. The Labute approximate surface area is 110 Å². The Morgan fingerprint density at radius 3 is 2.89 bits per heavy atom. The summed E-state index contributed by atoms with van der Waals surface area (Å²) in [6.45, 7) is 3.99. The second-order valence-electron chi connectivity index (χ2n) is 4.98. The number of anilines is 1. The summed E-state index contributed by atoms with van der Waals surface area (Å²) in [5.74, 6) is 0. The molecule has 2 rings (SSSR count). The van der Waals surface area contributed by atoms with Gasteiger partial charge in [0.1, 0.15) is 0 Å². The molecule has 0 radical (unpaired) electrons. The molecule has 1 fully saturated rings. The summed E-state index contributed by atoms with van der Waals surface area (Å²) in [5.41, 5.74) is 1.29. The van der Waals surface area contributed by atoms with Gasteiger partial charge in [-0.2, -0.15) is 0 Å². The van der Waals surface area contributed by atoms with Crippen LogP contribution in [0, 0.1) is 0 Å². The molecule has 0 saturated carbocycles. The van der Waals surface area contributed by atoms with Crippen molar-refractivity contribution in [1.82, 2.24) is 5.32 Å². The van der Waals surface area contributed by atoms with Crippen LogP contribution >= 0.6 is 0 Å². The van der Waals surface area contributed by atoms with Crippen LogP contribution < -0.4 is 10.2 Å². The van der Waals surface area contributed by atoms with Crippen LogP contribution in [0.15, 0.2) is 30.3 Å². The molecule has 1 unspecified atom stereocenters. The number of rotatable bonds is 6. The third kappa shape index (κ3) is 4.31. The molecule has 0 spiro atoms. The molecule has 0 aliphatic carbocycles. The van der Waals surface area contributed by atoms with Gasteiger partial charge >= 0.3 is 0 Å². The van der Waals surface area contributed by atoms with E-state index >= 15 is 0 Å². The molecule has 1 atom stereocenters. The summed E-state index contributed by atoms with van der Waals surface area (Å²) in [5, 5.41) is 3.58. The fourth-order valence-corrected chi connectivity index (χ4v) is 2.34. The fraction of sp³-hybridized carbons (Fsp3) is 0.600. The van der Waals surface area contributed by atoms with E-state index in [0.717, 1.165) is 26.3 Å². The number of hydrogen-bond donors (Lipinski definition) is 1. The van der Waals surface area contributed by atoms with Crippen molar-refractivity contribution < 1.29 is 4.74 Å². The molecule has 1 N–H and O–H groups in total. The largest absolute Gasteiger partial charge is 0.380 e. The van der Waals surface area contributed by atoms with E-state index in [0.29, 0.717) is 6.04 Å². The first-order chi connectivity index (χ1) is 8.86. The molecule has 1 aromatic rings. The van der Waals surface area contributed by atoms with E-state index in [1.54, 1.807) is 0 Å². The zero-order chi connectivity index (χ0) is 12.6. The molecular formula is C15H24N2O. The normalized spacial score (nSPS) is 19.7. The lowest BCUT2D eigenvalue weighted by Gasteiger charge is -2.24. The monoisotopic (exact) mass is 248 g/mol. The zero-order valence-corrected chi connectivity index (χ0v) is 11.3. The maximum atomic E-state index is 5.46. The Balaban J connectivity index is 1.60. The summed E-state index contributed by atoms with van der Waals surface area (Å²) in [6.07, 6.45) is 3.62. The van der Waals surface area contributed by atoms with Gasteiger partial charge in [0, 0.05) is 31.9 Å². The summed E-state index contributed by atoms with van der Waals surface area (Å²) in [6, 6.07) is 11.1. The predicted molar refractivity (Wildman–Crippen MR) is 76.2 cm³/mol. The third-order valence-electron chi connectivity index (χ3n) is 3.46. The highest BCUT2D eigenvalue weighted by atomic mass is 16.5. The van der Waals surface area contributed by atoms with Crippen LogP contribution in [-0.2, 0) is 4.74 Å². The van der Waals surface area contributed by atoms with Crippen LogP contribution in [0.2, 0.25) is 0 Å². The highest BCUT2D eigenvalue weighted by Gasteiger charge is 2.12. The lowest BCUT2D eigenvalue weighted by Crippen LogP contribution is -2.38. The highest BCUT2D eigenvalue weighted by molar-refractivity contribution is 5.44. The van der Waals surface area contributed by atoms with Crippen LogP contribution in [0.3, 0.4) is 0 Å². The molecule has 0 aromatic heterocycles. The van der Waals surface area contributed by atoms with Gasteiger partial charge in [-0.3, -0.25) is 0 Å². The maximum Gasteiger partial charge on any atom is 0.0619 e. The van der Waals surface area contributed by atoms with E-state index in [2.05, 4.69) is 47.6 Å². The number of para-hydroxylation sites is 1. The first-order valence-corrected chi connectivity index (χ1v) is 6.93. The van der Waals surface area contributed by atoms with Crippen LogP contribution in [0.4, 0.5) is 5.69 Å². The van der Waals surface area contributed by atoms with Gasteiger partial charge in [-0.05, 0) is 37.9 Å². The molecule has 100 valence electrons. The number of benzene rings is 1. The zero-order valence-electron chi connectivity index (χ0n) is 11.3. The van der Waals surface area contributed by atoms with Crippen molar-refractivity contribution in [2.24, 2.45) is 0 Å². The van der Waals surface area contributed by atoms with Crippen molar-refractivity contribution in [3.05, 3.63) is 30.3 Å². The van der Waals surface area contributed by atoms with Crippen molar-refractivity contribution in [3.63, 3.8) is 0 Å². The van der Waals surface area contributed by atoms with Crippen molar-refractivity contribution in [1.29, 1.82) is 0 Å². The van der Waals surface area contributed by atoms with Crippen molar-refractivity contribution in [2.75, 3.05) is 38.3 Å². The average molecular weight is 248 g/mol. The molecule has 1 heterocycles. The van der Waals surface area contributed by atoms with Gasteiger partial charge in [-0.1, -0.05) is 18.2 Å². The van der Waals surface area contributed by atoms with E-state index < -0.39 is 0 Å². The third-order valence-corrected chi connectivity index (χ3v) is 3.46. The van der Waals surface area contributed by atoms with E-state index in [4.69, 9.17) is 4.74 Å². The molecular weight excluding hydrogens is 224 g/mol. The van der Waals surface area contributed by atoms with Gasteiger partial charge in [0.15, 0.2) is 0 Å². The van der Waals surface area contributed by atoms with Gasteiger partial charge in [0.05, 0.1) is 6.61 Å². The van der Waals surface area contributed by atoms with Gasteiger partial charge in [-0.15, -0.1) is 0 Å². The molecule has 0 bridgehead atoms. The fourth-order valence-electron chi connectivity index (χ4n) is 2.34. The van der Waals surface area contributed by atoms with Crippen LogP contribution in [0.25, 0.3) is 0 Å². The highest BCUT2D eigenvalue weighted by Crippen LogP contribution is 2.11. The van der Waals surface area contributed by atoms with Crippen molar-refractivity contribution >= 4 is 5.69 Å². The number of hydrogen-bond acceptors (Lipinski definition) is 3. The second-order valence-corrected chi connectivity index (χ2v) is 4.98. The van der Waals surface area contributed by atoms with Gasteiger partial charge in [-0.25, -0.2) is 0 Å². The Morgan fingerprint density at radius 2 is 2.17 bits per heavy atom. The van der Waals surface area contributed by atoms with E-state index in [1.807, 2.05) is 0 Å². The SMILES string of the molecule is CN(CCCNC1CCCOC1)c1ccccc1. The minimum atomic E-state index is 0.570. The predicted octanol–water partition coefficient (Wildman–Crippen LogP) is 2.28. The standard InChI is InChI=1S/C15H24N2O/c1-17(15-8-3-2-4-9-15)11-6-10-16-14-7-5-12-18-13-14/h2-4,8-9,14,16H,5-7,10-13H2,1H3. The summed E-state index contributed by atoms with van der Waals surface area (Å²) in [4.78, 5) is 2.30. The van der Waals surface area contributed by atoms with Gasteiger partial charge in [0.25, 0.3) is 0 Å². The van der Waals surface area contributed by atoms with E-state index in [1.165, 1.54) is 24.9 Å².